The van der Waals surface area contributed by atoms with Crippen LogP contribution in [0.1, 0.15) is 0 Å². The topological polar surface area (TPSA) is 181 Å². The monoisotopic (exact) mass is 355 g/mol. The van der Waals surface area contributed by atoms with Crippen molar-refractivity contribution in [1.82, 2.24) is 5.32 Å². The quantitative estimate of drug-likeness (QED) is 0.236. The van der Waals surface area contributed by atoms with Gasteiger partial charge in [0.25, 0.3) is 0 Å². The van der Waals surface area contributed by atoms with Gasteiger partial charge in [-0.3, -0.25) is 0 Å². The molecule has 24 heavy (non-hydrogen) atoms. The molecular formula is C13H25NO10. The van der Waals surface area contributed by atoms with Gasteiger partial charge in [-0.25, -0.2) is 0 Å². The third kappa shape index (κ3) is 3.71. The number of hydrogen-bond donors (Lipinski definition) is 8. The van der Waals surface area contributed by atoms with E-state index in [2.05, 4.69) is 5.32 Å². The van der Waals surface area contributed by atoms with Gasteiger partial charge >= 0.3 is 0 Å². The molecule has 0 aliphatic carbocycles. The molecule has 1 unspecified atom stereocenters. The third-order valence-electron chi connectivity index (χ3n) is 4.35. The average molecular weight is 355 g/mol. The van der Waals surface area contributed by atoms with Gasteiger partial charge in [0.1, 0.15) is 42.7 Å². The second-order valence-electron chi connectivity index (χ2n) is 5.85. The second kappa shape index (κ2) is 8.29. The molecule has 0 aromatic heterocycles. The van der Waals surface area contributed by atoms with Crippen LogP contribution >= 0.6 is 0 Å². The first-order valence-electron chi connectivity index (χ1n) is 7.61. The Balaban J connectivity index is 2.14. The molecule has 0 saturated carbocycles. The molecule has 2 fully saturated rings. The predicted molar refractivity (Wildman–Crippen MR) is 75.5 cm³/mol. The zero-order valence-electron chi connectivity index (χ0n) is 13.0. The Kier molecular flexibility index (Phi) is 6.87. The molecule has 0 spiro atoms. The number of rotatable bonds is 5. The lowest BCUT2D eigenvalue weighted by atomic mass is 9.96. The molecular weight excluding hydrogens is 330 g/mol. The third-order valence-corrected chi connectivity index (χ3v) is 4.35. The Bertz CT molecular complexity index is 399. The lowest BCUT2D eigenvalue weighted by Gasteiger charge is -2.46. The van der Waals surface area contributed by atoms with Crippen molar-refractivity contribution in [3.63, 3.8) is 0 Å². The zero-order chi connectivity index (χ0) is 18.0. The highest BCUT2D eigenvalue weighted by atomic mass is 16.7. The van der Waals surface area contributed by atoms with Crippen molar-refractivity contribution in [2.24, 2.45) is 0 Å². The summed E-state index contributed by atoms with van der Waals surface area (Å²) in [6, 6.07) is -0.928. The van der Waals surface area contributed by atoms with Gasteiger partial charge in [0.2, 0.25) is 0 Å². The van der Waals surface area contributed by atoms with Crippen molar-refractivity contribution in [2.75, 3.05) is 20.3 Å². The molecule has 11 heteroatoms. The van der Waals surface area contributed by atoms with Gasteiger partial charge in [-0.15, -0.1) is 0 Å². The van der Waals surface area contributed by atoms with Gasteiger partial charge < -0.3 is 55.3 Å². The maximum Gasteiger partial charge on any atom is 0.187 e. The van der Waals surface area contributed by atoms with Gasteiger partial charge in [0.05, 0.1) is 19.3 Å². The van der Waals surface area contributed by atoms with Crippen LogP contribution in [0.25, 0.3) is 0 Å². The van der Waals surface area contributed by atoms with Gasteiger partial charge in [-0.05, 0) is 7.05 Å². The van der Waals surface area contributed by atoms with Crippen LogP contribution in [0.2, 0.25) is 0 Å². The molecule has 2 aliphatic heterocycles. The van der Waals surface area contributed by atoms with Crippen molar-refractivity contribution < 1.29 is 50.0 Å². The Hall–Kier alpha value is -0.440. The number of ether oxygens (including phenoxy) is 3. The molecule has 142 valence electrons. The van der Waals surface area contributed by atoms with E-state index in [9.17, 15) is 30.6 Å². The maximum absolute atomic E-state index is 10.3. The Morgan fingerprint density at radius 3 is 2.00 bits per heavy atom. The van der Waals surface area contributed by atoms with Gasteiger partial charge in [-0.1, -0.05) is 0 Å². The van der Waals surface area contributed by atoms with E-state index in [-0.39, 0.29) is 0 Å². The molecule has 0 aromatic carbocycles. The predicted octanol–water partition coefficient (Wildman–Crippen LogP) is -5.17. The highest BCUT2D eigenvalue weighted by Crippen LogP contribution is 2.28. The van der Waals surface area contributed by atoms with Crippen LogP contribution in [0.15, 0.2) is 0 Å². The number of likely N-dealkylation sites (N-methyl/N-ethyl adjacent to an activating group) is 1. The molecule has 8 N–H and O–H groups in total. The Labute approximate surface area is 138 Å². The number of aliphatic hydroxyl groups excluding tert-OH is 7. The summed E-state index contributed by atoms with van der Waals surface area (Å²) in [5, 5.41) is 70.7. The minimum absolute atomic E-state index is 0.591. The summed E-state index contributed by atoms with van der Waals surface area (Å²) >= 11 is 0. The van der Waals surface area contributed by atoms with Crippen LogP contribution in [0.5, 0.6) is 0 Å². The Morgan fingerprint density at radius 2 is 1.46 bits per heavy atom. The minimum Gasteiger partial charge on any atom is -0.394 e. The summed E-state index contributed by atoms with van der Waals surface area (Å²) in [7, 11) is 1.48. The van der Waals surface area contributed by atoms with E-state index in [0.29, 0.717) is 0 Å². The largest absolute Gasteiger partial charge is 0.394 e. The summed E-state index contributed by atoms with van der Waals surface area (Å²) in [6.45, 7) is -1.22. The van der Waals surface area contributed by atoms with Gasteiger partial charge in [-0.2, -0.15) is 0 Å². The SMILES string of the molecule is CN[C@H]1C(O)O[C@H](CO)[C@@H](O[C@@H]2O[C@H](CO)[C@H](O)[C@H](O)[C@H]2O)[C@@H]1O. The fraction of sp³-hybridized carbons (Fsp3) is 1.00. The minimum atomic E-state index is -1.66. The van der Waals surface area contributed by atoms with Crippen molar-refractivity contribution in [2.45, 2.75) is 61.3 Å². The maximum atomic E-state index is 10.3. The molecule has 11 nitrogen and oxygen atoms in total. The first kappa shape index (κ1) is 19.9. The van der Waals surface area contributed by atoms with E-state index in [0.717, 1.165) is 0 Å². The van der Waals surface area contributed by atoms with Crippen LogP contribution in [0.4, 0.5) is 0 Å². The molecule has 0 radical (unpaired) electrons. The van der Waals surface area contributed by atoms with E-state index in [1.807, 2.05) is 0 Å². The summed E-state index contributed by atoms with van der Waals surface area (Å²) < 4.78 is 15.8. The highest BCUT2D eigenvalue weighted by Gasteiger charge is 2.50. The van der Waals surface area contributed by atoms with Crippen LogP contribution in [-0.2, 0) is 14.2 Å². The van der Waals surface area contributed by atoms with Crippen LogP contribution in [-0.4, -0.2) is 117 Å². The second-order valence-corrected chi connectivity index (χ2v) is 5.85. The van der Waals surface area contributed by atoms with Crippen molar-refractivity contribution in [1.29, 1.82) is 0 Å². The van der Waals surface area contributed by atoms with E-state index in [1.54, 1.807) is 0 Å². The lowest BCUT2D eigenvalue weighted by molar-refractivity contribution is -0.345. The molecule has 10 atom stereocenters. The average Bonchev–Trinajstić information content (AvgIpc) is 2.57. The molecule has 0 amide bonds. The van der Waals surface area contributed by atoms with E-state index >= 15 is 0 Å². The summed E-state index contributed by atoms with van der Waals surface area (Å²) in [6.07, 6.45) is -12.6. The van der Waals surface area contributed by atoms with Gasteiger partial charge in [0, 0.05) is 0 Å². The summed E-state index contributed by atoms with van der Waals surface area (Å²) in [5.74, 6) is 0. The molecule has 2 rings (SSSR count). The molecule has 0 bridgehead atoms. The summed E-state index contributed by atoms with van der Waals surface area (Å²) in [4.78, 5) is 0. The lowest BCUT2D eigenvalue weighted by Crippen LogP contribution is -2.66. The standard InChI is InChI=1S/C13H25NO10/c1-14-6-8(18)11(5(3-16)22-12(6)21)24-13-10(20)9(19)7(17)4(2-15)23-13/h4-21H,2-3H2,1H3/t4-,5-,6-,7+,8-,9+,10-,11-,12?,13+/m1/s1. The Morgan fingerprint density at radius 1 is 0.833 bits per heavy atom. The van der Waals surface area contributed by atoms with Crippen LogP contribution in [0.3, 0.4) is 0 Å². The van der Waals surface area contributed by atoms with E-state index < -0.39 is 74.6 Å². The van der Waals surface area contributed by atoms with E-state index in [4.69, 9.17) is 19.3 Å². The molecule has 2 aliphatic rings. The zero-order valence-corrected chi connectivity index (χ0v) is 13.0. The van der Waals surface area contributed by atoms with Crippen LogP contribution < -0.4 is 5.32 Å². The highest BCUT2D eigenvalue weighted by molar-refractivity contribution is 4.95. The smallest absolute Gasteiger partial charge is 0.187 e. The fourth-order valence-corrected chi connectivity index (χ4v) is 2.90. The van der Waals surface area contributed by atoms with Crippen molar-refractivity contribution in [3.05, 3.63) is 0 Å². The molecule has 0 aromatic rings. The number of aliphatic hydroxyl groups is 7. The fourth-order valence-electron chi connectivity index (χ4n) is 2.90. The van der Waals surface area contributed by atoms with Crippen LogP contribution in [0, 0.1) is 0 Å². The number of hydrogen-bond acceptors (Lipinski definition) is 11. The first-order valence-corrected chi connectivity index (χ1v) is 7.61. The molecule has 2 heterocycles. The summed E-state index contributed by atoms with van der Waals surface area (Å²) in [5.41, 5.74) is 0. The van der Waals surface area contributed by atoms with Gasteiger partial charge in [0.15, 0.2) is 12.6 Å². The molecule has 2 saturated heterocycles. The number of nitrogens with one attached hydrogen (secondary N) is 1. The first-order chi connectivity index (χ1) is 11.3. The van der Waals surface area contributed by atoms with Crippen molar-refractivity contribution >= 4 is 0 Å². The normalized spacial score (nSPS) is 50.0. The van der Waals surface area contributed by atoms with E-state index in [1.165, 1.54) is 7.05 Å². The van der Waals surface area contributed by atoms with Crippen molar-refractivity contribution in [3.8, 4) is 0 Å².